The molecule has 27 heavy (non-hydrogen) atoms. The van der Waals surface area contributed by atoms with Crippen LogP contribution in [-0.4, -0.2) is 18.4 Å². The number of para-hydroxylation sites is 3. The van der Waals surface area contributed by atoms with Crippen molar-refractivity contribution in [1.29, 1.82) is 0 Å². The van der Waals surface area contributed by atoms with E-state index in [1.54, 1.807) is 0 Å². The van der Waals surface area contributed by atoms with Crippen molar-refractivity contribution in [2.45, 2.75) is 6.54 Å². The van der Waals surface area contributed by atoms with Crippen molar-refractivity contribution >= 4 is 28.9 Å². The predicted molar refractivity (Wildman–Crippen MR) is 107 cm³/mol. The minimum atomic E-state index is -0.143. The highest BCUT2D eigenvalue weighted by Gasteiger charge is 2.21. The number of anilines is 3. The molecule has 1 aliphatic rings. The lowest BCUT2D eigenvalue weighted by molar-refractivity contribution is -0.115. The lowest BCUT2D eigenvalue weighted by atomic mass is 10.1. The van der Waals surface area contributed by atoms with Gasteiger partial charge in [0.15, 0.2) is 0 Å². The Hall–Kier alpha value is -3.60. The first-order valence-electron chi connectivity index (χ1n) is 8.78. The molecule has 0 unspecified atom stereocenters. The minimum Gasteiger partial charge on any atom is -0.356 e. The summed E-state index contributed by atoms with van der Waals surface area (Å²) in [6.07, 6.45) is 0. The van der Waals surface area contributed by atoms with Crippen LogP contribution in [0.25, 0.3) is 0 Å². The Bertz CT molecular complexity index is 968. The molecule has 1 aliphatic heterocycles. The Morgan fingerprint density at radius 3 is 2.41 bits per heavy atom. The van der Waals surface area contributed by atoms with Gasteiger partial charge in [0.1, 0.15) is 0 Å². The van der Waals surface area contributed by atoms with Crippen molar-refractivity contribution in [2.24, 2.45) is 0 Å². The SMILES string of the molecule is O=C1CN(Cc2ccc(C(=O)Nc3ccccc3)cc2)c2ccccc2N1. The lowest BCUT2D eigenvalue weighted by Gasteiger charge is -2.30. The van der Waals surface area contributed by atoms with Crippen LogP contribution in [0.2, 0.25) is 0 Å². The molecule has 0 spiro atoms. The Kier molecular flexibility index (Phi) is 4.58. The fourth-order valence-corrected chi connectivity index (χ4v) is 3.15. The Balaban J connectivity index is 1.47. The number of fused-ring (bicyclic) bond motifs is 1. The summed E-state index contributed by atoms with van der Waals surface area (Å²) >= 11 is 0. The quantitative estimate of drug-likeness (QED) is 0.744. The van der Waals surface area contributed by atoms with E-state index in [1.807, 2.05) is 83.8 Å². The van der Waals surface area contributed by atoms with E-state index in [-0.39, 0.29) is 11.8 Å². The number of carbonyl (C=O) groups is 2. The minimum absolute atomic E-state index is 0.0208. The van der Waals surface area contributed by atoms with Gasteiger partial charge in [-0.3, -0.25) is 9.59 Å². The van der Waals surface area contributed by atoms with Crippen molar-refractivity contribution in [3.8, 4) is 0 Å². The number of nitrogens with one attached hydrogen (secondary N) is 2. The maximum atomic E-state index is 12.3. The van der Waals surface area contributed by atoms with Crippen LogP contribution in [0.4, 0.5) is 17.1 Å². The van der Waals surface area contributed by atoms with Crippen molar-refractivity contribution in [1.82, 2.24) is 0 Å². The van der Waals surface area contributed by atoms with Crippen molar-refractivity contribution in [3.63, 3.8) is 0 Å². The average molecular weight is 357 g/mol. The summed E-state index contributed by atoms with van der Waals surface area (Å²) in [5.41, 5.74) is 4.23. The van der Waals surface area contributed by atoms with Crippen LogP contribution in [0.5, 0.6) is 0 Å². The Morgan fingerprint density at radius 2 is 1.63 bits per heavy atom. The zero-order valence-electron chi connectivity index (χ0n) is 14.7. The van der Waals surface area contributed by atoms with E-state index in [4.69, 9.17) is 0 Å². The summed E-state index contributed by atoms with van der Waals surface area (Å²) in [6.45, 7) is 0.915. The number of rotatable bonds is 4. The standard InChI is InChI=1S/C22H19N3O2/c26-21-15-25(20-9-5-4-8-19(20)24-21)14-16-10-12-17(13-11-16)22(27)23-18-6-2-1-3-7-18/h1-13H,14-15H2,(H,23,27)(H,24,26). The molecule has 0 saturated heterocycles. The Labute approximate surface area is 157 Å². The maximum Gasteiger partial charge on any atom is 0.255 e. The highest BCUT2D eigenvalue weighted by molar-refractivity contribution is 6.04. The van der Waals surface area contributed by atoms with Crippen molar-refractivity contribution in [3.05, 3.63) is 90.0 Å². The molecule has 0 aromatic heterocycles. The number of hydrogen-bond acceptors (Lipinski definition) is 3. The molecule has 0 fully saturated rings. The highest BCUT2D eigenvalue weighted by atomic mass is 16.2. The van der Waals surface area contributed by atoms with Crippen molar-refractivity contribution < 1.29 is 9.59 Å². The van der Waals surface area contributed by atoms with Crippen LogP contribution in [0.15, 0.2) is 78.9 Å². The van der Waals surface area contributed by atoms with Gasteiger partial charge in [-0.25, -0.2) is 0 Å². The lowest BCUT2D eigenvalue weighted by Crippen LogP contribution is -2.37. The Morgan fingerprint density at radius 1 is 0.926 bits per heavy atom. The third kappa shape index (κ3) is 3.82. The van der Waals surface area contributed by atoms with E-state index in [0.29, 0.717) is 18.7 Å². The fourth-order valence-electron chi connectivity index (χ4n) is 3.15. The normalized spacial score (nSPS) is 12.9. The van der Waals surface area contributed by atoms with Gasteiger partial charge >= 0.3 is 0 Å². The van der Waals surface area contributed by atoms with E-state index in [2.05, 4.69) is 10.6 Å². The highest BCUT2D eigenvalue weighted by Crippen LogP contribution is 2.30. The molecule has 0 radical (unpaired) electrons. The van der Waals surface area contributed by atoms with Crippen LogP contribution >= 0.6 is 0 Å². The van der Waals surface area contributed by atoms with Gasteiger partial charge in [0.05, 0.1) is 17.9 Å². The number of carbonyl (C=O) groups excluding carboxylic acids is 2. The molecule has 2 amide bonds. The van der Waals surface area contributed by atoms with Crippen LogP contribution in [0.3, 0.4) is 0 Å². The second-order valence-electron chi connectivity index (χ2n) is 6.44. The van der Waals surface area contributed by atoms with E-state index in [9.17, 15) is 9.59 Å². The molecule has 1 heterocycles. The molecule has 4 rings (SSSR count). The molecule has 134 valence electrons. The van der Waals surface area contributed by atoms with Crippen LogP contribution in [0, 0.1) is 0 Å². The van der Waals surface area contributed by atoms with Crippen LogP contribution in [-0.2, 0) is 11.3 Å². The number of hydrogen-bond donors (Lipinski definition) is 2. The van der Waals surface area contributed by atoms with Crippen LogP contribution < -0.4 is 15.5 Å². The third-order valence-corrected chi connectivity index (χ3v) is 4.47. The summed E-state index contributed by atoms with van der Waals surface area (Å²) in [4.78, 5) is 26.3. The summed E-state index contributed by atoms with van der Waals surface area (Å²) in [7, 11) is 0. The first-order valence-corrected chi connectivity index (χ1v) is 8.78. The molecular weight excluding hydrogens is 338 g/mol. The maximum absolute atomic E-state index is 12.3. The van der Waals surface area contributed by atoms with Gasteiger partial charge in [0.2, 0.25) is 5.91 Å². The summed E-state index contributed by atoms with van der Waals surface area (Å²) in [6, 6.07) is 24.6. The predicted octanol–water partition coefficient (Wildman–Crippen LogP) is 3.90. The second-order valence-corrected chi connectivity index (χ2v) is 6.44. The number of benzene rings is 3. The molecule has 0 atom stereocenters. The molecule has 5 heteroatoms. The summed E-state index contributed by atoms with van der Waals surface area (Å²) in [5.74, 6) is -0.164. The van der Waals surface area contributed by atoms with Gasteiger partial charge in [-0.1, -0.05) is 42.5 Å². The fraction of sp³-hybridized carbons (Fsp3) is 0.0909. The monoisotopic (exact) mass is 357 g/mol. The van der Waals surface area contributed by atoms with E-state index in [1.165, 1.54) is 0 Å². The molecule has 0 bridgehead atoms. The van der Waals surface area contributed by atoms with E-state index >= 15 is 0 Å². The number of amides is 2. The molecule has 0 aliphatic carbocycles. The molecule has 0 saturated carbocycles. The van der Waals surface area contributed by atoms with Crippen LogP contribution in [0.1, 0.15) is 15.9 Å². The van der Waals surface area contributed by atoms with Gasteiger partial charge in [-0.2, -0.15) is 0 Å². The van der Waals surface area contributed by atoms with Gasteiger partial charge < -0.3 is 15.5 Å². The third-order valence-electron chi connectivity index (χ3n) is 4.47. The molecular formula is C22H19N3O2. The molecule has 2 N–H and O–H groups in total. The number of nitrogens with zero attached hydrogens (tertiary/aromatic N) is 1. The molecule has 5 nitrogen and oxygen atoms in total. The topological polar surface area (TPSA) is 61.4 Å². The zero-order valence-corrected chi connectivity index (χ0v) is 14.7. The molecule has 3 aromatic carbocycles. The van der Waals surface area contributed by atoms with Gasteiger partial charge in [-0.05, 0) is 42.0 Å². The summed E-state index contributed by atoms with van der Waals surface area (Å²) in [5, 5.41) is 5.76. The largest absolute Gasteiger partial charge is 0.356 e. The first-order chi connectivity index (χ1) is 13.2. The van der Waals surface area contributed by atoms with Gasteiger partial charge in [0.25, 0.3) is 5.91 Å². The van der Waals surface area contributed by atoms with Crippen molar-refractivity contribution in [2.75, 3.05) is 22.1 Å². The zero-order chi connectivity index (χ0) is 18.6. The smallest absolute Gasteiger partial charge is 0.255 e. The average Bonchev–Trinajstić information content (AvgIpc) is 2.69. The first kappa shape index (κ1) is 16.8. The van der Waals surface area contributed by atoms with E-state index in [0.717, 1.165) is 22.6 Å². The van der Waals surface area contributed by atoms with Gasteiger partial charge in [-0.15, -0.1) is 0 Å². The molecule has 3 aromatic rings. The second kappa shape index (κ2) is 7.33. The summed E-state index contributed by atoms with van der Waals surface area (Å²) < 4.78 is 0. The van der Waals surface area contributed by atoms with Gasteiger partial charge in [0, 0.05) is 17.8 Å². The van der Waals surface area contributed by atoms with E-state index < -0.39 is 0 Å².